The first-order chi connectivity index (χ1) is 4.66. The molecule has 0 aliphatic heterocycles. The van der Waals surface area contributed by atoms with Crippen molar-refractivity contribution in [3.63, 3.8) is 0 Å². The zero-order valence-corrected chi connectivity index (χ0v) is 6.21. The number of rotatable bonds is 5. The van der Waals surface area contributed by atoms with Crippen LogP contribution in [0.25, 0.3) is 0 Å². The number of aliphatic hydroxyl groups is 2. The second kappa shape index (κ2) is 5.38. The highest BCUT2D eigenvalue weighted by atomic mass is 16.5. The monoisotopic (exact) mass is 146 g/mol. The number of carbonyl (C=O) groups excluding carboxylic acids is 1. The van der Waals surface area contributed by atoms with E-state index in [2.05, 4.69) is 0 Å². The van der Waals surface area contributed by atoms with Crippen molar-refractivity contribution in [2.45, 2.75) is 38.9 Å². The van der Waals surface area contributed by atoms with Crippen LogP contribution in [0.2, 0.25) is 0 Å². The third-order valence-electron chi connectivity index (χ3n) is 1.31. The molecule has 0 aliphatic rings. The molecule has 3 nitrogen and oxygen atoms in total. The third-order valence-corrected chi connectivity index (χ3v) is 1.31. The molecule has 2 N–H and O–H groups in total. The summed E-state index contributed by atoms with van der Waals surface area (Å²) in [5.41, 5.74) is 0. The summed E-state index contributed by atoms with van der Waals surface area (Å²) in [7, 11) is 0. The lowest BCUT2D eigenvalue weighted by Crippen LogP contribution is -2.05. The normalized spacial score (nSPS) is 10.4. The van der Waals surface area contributed by atoms with Gasteiger partial charge in [-0.3, -0.25) is 4.79 Å². The van der Waals surface area contributed by atoms with Crippen molar-refractivity contribution in [1.82, 2.24) is 0 Å². The van der Waals surface area contributed by atoms with E-state index in [4.69, 9.17) is 10.2 Å². The molecule has 0 amide bonds. The Balaban J connectivity index is 3.12. The largest absolute Gasteiger partial charge is 0.368 e. The molecule has 0 aromatic carbocycles. The molecule has 0 atom stereocenters. The van der Waals surface area contributed by atoms with E-state index < -0.39 is 6.29 Å². The van der Waals surface area contributed by atoms with Gasteiger partial charge in [0, 0.05) is 12.8 Å². The van der Waals surface area contributed by atoms with Crippen LogP contribution in [0.4, 0.5) is 0 Å². The lowest BCUT2D eigenvalue weighted by Gasteiger charge is -2.00. The second-order valence-electron chi connectivity index (χ2n) is 2.27. The smallest absolute Gasteiger partial charge is 0.151 e. The Morgan fingerprint density at radius 2 is 2.10 bits per heavy atom. The fourth-order valence-corrected chi connectivity index (χ4v) is 0.659. The van der Waals surface area contributed by atoms with Crippen LogP contribution in [0.3, 0.4) is 0 Å². The van der Waals surface area contributed by atoms with E-state index in [9.17, 15) is 4.79 Å². The van der Waals surface area contributed by atoms with Crippen molar-refractivity contribution >= 4 is 5.78 Å². The molecule has 0 saturated carbocycles. The number of ketones is 1. The minimum atomic E-state index is -1.26. The molecule has 10 heavy (non-hydrogen) atoms. The maximum atomic E-state index is 10.6. The Labute approximate surface area is 60.7 Å². The average molecular weight is 146 g/mol. The van der Waals surface area contributed by atoms with Crippen LogP contribution < -0.4 is 0 Å². The van der Waals surface area contributed by atoms with Crippen molar-refractivity contribution in [3.8, 4) is 0 Å². The lowest BCUT2D eigenvalue weighted by atomic mass is 10.1. The van der Waals surface area contributed by atoms with Crippen LogP contribution in [0, 0.1) is 0 Å². The van der Waals surface area contributed by atoms with Crippen LogP contribution in [-0.2, 0) is 4.79 Å². The number of aliphatic hydroxyl groups excluding tert-OH is 1. The highest BCUT2D eigenvalue weighted by Crippen LogP contribution is 2.00. The minimum absolute atomic E-state index is 0.181. The Bertz CT molecular complexity index is 99.0. The standard InChI is InChI=1S/C7H14O3/c1-2-6(8)4-3-5-7(9)10/h7,9-10H,2-5H2,1H3. The summed E-state index contributed by atoms with van der Waals surface area (Å²) >= 11 is 0. The van der Waals surface area contributed by atoms with Gasteiger partial charge in [0.15, 0.2) is 6.29 Å². The van der Waals surface area contributed by atoms with Gasteiger partial charge < -0.3 is 10.2 Å². The van der Waals surface area contributed by atoms with Crippen LogP contribution in [0.5, 0.6) is 0 Å². The zero-order chi connectivity index (χ0) is 7.98. The molecule has 0 heterocycles. The SMILES string of the molecule is CCC(=O)CCCC(O)O. The molecule has 0 fully saturated rings. The van der Waals surface area contributed by atoms with Crippen LogP contribution >= 0.6 is 0 Å². The van der Waals surface area contributed by atoms with Crippen LogP contribution in [-0.4, -0.2) is 22.3 Å². The molecule has 0 bridgehead atoms. The van der Waals surface area contributed by atoms with Crippen molar-refractivity contribution in [2.75, 3.05) is 0 Å². The molecule has 0 aromatic heterocycles. The molecule has 60 valence electrons. The molecule has 0 rings (SSSR count). The van der Waals surface area contributed by atoms with Crippen molar-refractivity contribution < 1.29 is 15.0 Å². The molecule has 0 unspecified atom stereocenters. The van der Waals surface area contributed by atoms with E-state index in [0.29, 0.717) is 25.7 Å². The fourth-order valence-electron chi connectivity index (χ4n) is 0.659. The van der Waals surface area contributed by atoms with Gasteiger partial charge in [0.25, 0.3) is 0 Å². The van der Waals surface area contributed by atoms with Gasteiger partial charge in [-0.15, -0.1) is 0 Å². The van der Waals surface area contributed by atoms with E-state index in [1.54, 1.807) is 6.92 Å². The maximum Gasteiger partial charge on any atom is 0.151 e. The Kier molecular flexibility index (Phi) is 5.16. The second-order valence-corrected chi connectivity index (χ2v) is 2.27. The molecular formula is C7H14O3. The highest BCUT2D eigenvalue weighted by Gasteiger charge is 2.00. The quantitative estimate of drug-likeness (QED) is 0.553. The zero-order valence-electron chi connectivity index (χ0n) is 6.21. The first kappa shape index (κ1) is 9.59. The average Bonchev–Trinajstić information content (AvgIpc) is 1.87. The van der Waals surface area contributed by atoms with Crippen LogP contribution in [0.15, 0.2) is 0 Å². The summed E-state index contributed by atoms with van der Waals surface area (Å²) in [5.74, 6) is 0.181. The number of Topliss-reactive ketones (excluding diaryl/α,β-unsaturated/α-hetero) is 1. The topological polar surface area (TPSA) is 57.5 Å². The highest BCUT2D eigenvalue weighted by molar-refractivity contribution is 5.77. The van der Waals surface area contributed by atoms with E-state index in [1.165, 1.54) is 0 Å². The lowest BCUT2D eigenvalue weighted by molar-refractivity contribution is -0.119. The van der Waals surface area contributed by atoms with Crippen molar-refractivity contribution in [3.05, 3.63) is 0 Å². The fraction of sp³-hybridized carbons (Fsp3) is 0.857. The summed E-state index contributed by atoms with van der Waals surface area (Å²) in [6.45, 7) is 1.80. The van der Waals surface area contributed by atoms with Crippen LogP contribution in [0.1, 0.15) is 32.6 Å². The van der Waals surface area contributed by atoms with Crippen molar-refractivity contribution in [1.29, 1.82) is 0 Å². The van der Waals surface area contributed by atoms with E-state index in [1.807, 2.05) is 0 Å². The Morgan fingerprint density at radius 3 is 2.50 bits per heavy atom. The summed E-state index contributed by atoms with van der Waals surface area (Å²) in [6.07, 6.45) is 0.621. The summed E-state index contributed by atoms with van der Waals surface area (Å²) in [5, 5.41) is 16.8. The van der Waals surface area contributed by atoms with E-state index in [0.717, 1.165) is 0 Å². The van der Waals surface area contributed by atoms with E-state index in [-0.39, 0.29) is 5.78 Å². The molecule has 0 aromatic rings. The van der Waals surface area contributed by atoms with Gasteiger partial charge in [-0.25, -0.2) is 0 Å². The van der Waals surface area contributed by atoms with Gasteiger partial charge in [-0.1, -0.05) is 6.92 Å². The molecule has 0 aliphatic carbocycles. The number of hydrogen-bond acceptors (Lipinski definition) is 3. The first-order valence-electron chi connectivity index (χ1n) is 3.54. The maximum absolute atomic E-state index is 10.6. The van der Waals surface area contributed by atoms with Gasteiger partial charge in [-0.05, 0) is 12.8 Å². The predicted molar refractivity (Wildman–Crippen MR) is 37.4 cm³/mol. The third kappa shape index (κ3) is 5.72. The first-order valence-corrected chi connectivity index (χ1v) is 3.54. The Morgan fingerprint density at radius 1 is 1.50 bits per heavy atom. The van der Waals surface area contributed by atoms with Gasteiger partial charge >= 0.3 is 0 Å². The number of hydrogen-bond donors (Lipinski definition) is 2. The molecular weight excluding hydrogens is 132 g/mol. The van der Waals surface area contributed by atoms with Gasteiger partial charge in [0.1, 0.15) is 5.78 Å². The Hall–Kier alpha value is -0.410. The summed E-state index contributed by atoms with van der Waals surface area (Å²) in [6, 6.07) is 0. The van der Waals surface area contributed by atoms with E-state index >= 15 is 0 Å². The number of carbonyl (C=O) groups is 1. The molecule has 0 saturated heterocycles. The van der Waals surface area contributed by atoms with Gasteiger partial charge in [0.05, 0.1) is 0 Å². The van der Waals surface area contributed by atoms with Crippen molar-refractivity contribution in [2.24, 2.45) is 0 Å². The van der Waals surface area contributed by atoms with Gasteiger partial charge in [-0.2, -0.15) is 0 Å². The molecule has 0 spiro atoms. The predicted octanol–water partition coefficient (Wildman–Crippen LogP) is 0.446. The minimum Gasteiger partial charge on any atom is -0.368 e. The molecule has 0 radical (unpaired) electrons. The summed E-state index contributed by atoms with van der Waals surface area (Å²) in [4.78, 5) is 10.6. The summed E-state index contributed by atoms with van der Waals surface area (Å²) < 4.78 is 0. The molecule has 3 heteroatoms. The van der Waals surface area contributed by atoms with Gasteiger partial charge in [0.2, 0.25) is 0 Å².